The van der Waals surface area contributed by atoms with E-state index in [1.54, 1.807) is 37.5 Å². The summed E-state index contributed by atoms with van der Waals surface area (Å²) in [7, 11) is 3.24. The summed E-state index contributed by atoms with van der Waals surface area (Å²) in [6.45, 7) is -3.01. The first kappa shape index (κ1) is 22.7. The average Bonchev–Trinajstić information content (AvgIpc) is 3.26. The number of aromatic nitrogens is 3. The van der Waals surface area contributed by atoms with Crippen LogP contribution in [-0.2, 0) is 7.05 Å². The van der Waals surface area contributed by atoms with Crippen LogP contribution < -0.4 is 20.3 Å². The van der Waals surface area contributed by atoms with E-state index in [1.807, 2.05) is 0 Å². The molecule has 1 N–H and O–H groups in total. The molecule has 8 nitrogen and oxygen atoms in total. The van der Waals surface area contributed by atoms with Gasteiger partial charge in [0.05, 0.1) is 24.6 Å². The minimum absolute atomic E-state index is 0.0386. The van der Waals surface area contributed by atoms with Crippen molar-refractivity contribution in [1.29, 1.82) is 0 Å². The van der Waals surface area contributed by atoms with Gasteiger partial charge in [-0.3, -0.25) is 18.8 Å². The van der Waals surface area contributed by atoms with Crippen LogP contribution >= 0.6 is 0 Å². The Kier molecular flexibility index (Phi) is 6.39. The summed E-state index contributed by atoms with van der Waals surface area (Å²) in [5.74, 6) is 0.0809. The fraction of sp³-hybridized carbons (Fsp3) is 0.125. The van der Waals surface area contributed by atoms with E-state index in [-0.39, 0.29) is 16.9 Å². The van der Waals surface area contributed by atoms with Crippen molar-refractivity contribution < 1.29 is 23.0 Å². The second-order valence-electron chi connectivity index (χ2n) is 7.27. The van der Waals surface area contributed by atoms with Crippen molar-refractivity contribution in [3.63, 3.8) is 0 Å². The number of anilines is 1. The molecule has 0 spiro atoms. The van der Waals surface area contributed by atoms with Crippen LogP contribution in [-0.4, -0.2) is 34.0 Å². The highest BCUT2D eigenvalue weighted by molar-refractivity contribution is 6.04. The highest BCUT2D eigenvalue weighted by Crippen LogP contribution is 2.34. The summed E-state index contributed by atoms with van der Waals surface area (Å²) in [5, 5.41) is 6.77. The highest BCUT2D eigenvalue weighted by Gasteiger charge is 2.15. The van der Waals surface area contributed by atoms with Gasteiger partial charge in [-0.15, -0.1) is 0 Å². The number of methoxy groups -OCH3 is 1. The molecule has 4 rings (SSSR count). The molecule has 0 bridgehead atoms. The number of nitrogens with zero attached hydrogens (tertiary/aromatic N) is 3. The molecule has 4 aromatic rings. The number of amides is 1. The number of nitrogens with one attached hydrogen (secondary N) is 1. The molecule has 0 aliphatic rings. The molecular formula is C24H20F2N4O4. The quantitative estimate of drug-likeness (QED) is 0.443. The molecule has 2 aromatic carbocycles. The third-order valence-electron chi connectivity index (χ3n) is 5.00. The van der Waals surface area contributed by atoms with Gasteiger partial charge in [-0.05, 0) is 42.0 Å². The lowest BCUT2D eigenvalue weighted by atomic mass is 10.0. The third-order valence-corrected chi connectivity index (χ3v) is 5.00. The van der Waals surface area contributed by atoms with Gasteiger partial charge in [0.25, 0.3) is 11.5 Å². The topological polar surface area (TPSA) is 87.4 Å². The van der Waals surface area contributed by atoms with Gasteiger partial charge in [0.15, 0.2) is 0 Å². The molecule has 0 radical (unpaired) electrons. The first-order chi connectivity index (χ1) is 16.3. The Morgan fingerprint density at radius 2 is 1.82 bits per heavy atom. The number of alkyl halides is 2. The Balaban J connectivity index is 1.64. The summed E-state index contributed by atoms with van der Waals surface area (Å²) >= 11 is 0. The van der Waals surface area contributed by atoms with Gasteiger partial charge >= 0.3 is 6.61 Å². The fourth-order valence-corrected chi connectivity index (χ4v) is 3.36. The van der Waals surface area contributed by atoms with Crippen molar-refractivity contribution in [2.24, 2.45) is 7.05 Å². The van der Waals surface area contributed by atoms with Gasteiger partial charge in [0.2, 0.25) is 0 Å². The first-order valence-corrected chi connectivity index (χ1v) is 10.1. The van der Waals surface area contributed by atoms with Gasteiger partial charge in [0.1, 0.15) is 11.5 Å². The van der Waals surface area contributed by atoms with E-state index in [2.05, 4.69) is 15.2 Å². The number of benzene rings is 2. The lowest BCUT2D eigenvalue weighted by Crippen LogP contribution is -2.20. The molecule has 0 fully saturated rings. The third kappa shape index (κ3) is 4.96. The zero-order chi connectivity index (χ0) is 24.2. The van der Waals surface area contributed by atoms with E-state index < -0.39 is 12.5 Å². The number of pyridine rings is 1. The van der Waals surface area contributed by atoms with Crippen molar-refractivity contribution in [1.82, 2.24) is 14.3 Å². The van der Waals surface area contributed by atoms with Crippen molar-refractivity contribution in [3.05, 3.63) is 89.1 Å². The van der Waals surface area contributed by atoms with E-state index in [0.717, 1.165) is 0 Å². The highest BCUT2D eigenvalue weighted by atomic mass is 19.3. The Hall–Kier alpha value is -4.47. The van der Waals surface area contributed by atoms with Crippen LogP contribution in [0.25, 0.3) is 16.8 Å². The van der Waals surface area contributed by atoms with Crippen molar-refractivity contribution >= 4 is 11.6 Å². The molecule has 0 aliphatic carbocycles. The molecule has 1 amide bonds. The lowest BCUT2D eigenvalue weighted by Gasteiger charge is -2.14. The maximum Gasteiger partial charge on any atom is 0.387 e. The predicted octanol–water partition coefficient (Wildman–Crippen LogP) is 4.10. The number of rotatable bonds is 7. The van der Waals surface area contributed by atoms with Crippen LogP contribution in [0.5, 0.6) is 11.5 Å². The molecule has 174 valence electrons. The maximum atomic E-state index is 12.9. The van der Waals surface area contributed by atoms with E-state index in [9.17, 15) is 18.4 Å². The molecule has 10 heteroatoms. The standard InChI is InChI=1S/C24H20F2N4O4/c1-29-14-18(12-27-29)30-13-16(5-10-22(30)31)23(32)28-17-6-9-21(34-24(25)26)20(11-17)15-3-7-19(33-2)8-4-15/h3-14,24H,1-2H3,(H,28,32). The van der Waals surface area contributed by atoms with Gasteiger partial charge in [-0.25, -0.2) is 0 Å². The smallest absolute Gasteiger partial charge is 0.387 e. The van der Waals surface area contributed by atoms with Gasteiger partial charge < -0.3 is 14.8 Å². The SMILES string of the molecule is COc1ccc(-c2cc(NC(=O)c3ccc(=O)n(-c4cnn(C)c4)c3)ccc2OC(F)F)cc1. The number of hydrogen-bond donors (Lipinski definition) is 1. The molecule has 0 saturated carbocycles. The molecule has 2 aromatic heterocycles. The Morgan fingerprint density at radius 3 is 2.47 bits per heavy atom. The van der Waals surface area contributed by atoms with Gasteiger partial charge in [0, 0.05) is 36.8 Å². The molecule has 0 aliphatic heterocycles. The molecule has 0 saturated heterocycles. The normalized spacial score (nSPS) is 10.9. The average molecular weight is 466 g/mol. The number of hydrogen-bond acceptors (Lipinski definition) is 5. The molecular weight excluding hydrogens is 446 g/mol. The van der Waals surface area contributed by atoms with Crippen LogP contribution in [0.3, 0.4) is 0 Å². The fourth-order valence-electron chi connectivity index (χ4n) is 3.36. The summed E-state index contributed by atoms with van der Waals surface area (Å²) in [6, 6.07) is 13.8. The van der Waals surface area contributed by atoms with Crippen LogP contribution in [0, 0.1) is 0 Å². The van der Waals surface area contributed by atoms with Crippen LogP contribution in [0.2, 0.25) is 0 Å². The Labute approximate surface area is 193 Å². The van der Waals surface area contributed by atoms with Crippen LogP contribution in [0.4, 0.5) is 14.5 Å². The van der Waals surface area contributed by atoms with Crippen LogP contribution in [0.1, 0.15) is 10.4 Å². The molecule has 0 atom stereocenters. The van der Waals surface area contributed by atoms with E-state index in [1.165, 1.54) is 59.1 Å². The largest absolute Gasteiger partial charge is 0.497 e. The minimum Gasteiger partial charge on any atom is -0.497 e. The predicted molar refractivity (Wildman–Crippen MR) is 122 cm³/mol. The number of halogens is 2. The van der Waals surface area contributed by atoms with E-state index in [0.29, 0.717) is 28.3 Å². The minimum atomic E-state index is -3.01. The van der Waals surface area contributed by atoms with Crippen molar-refractivity contribution in [3.8, 4) is 28.3 Å². The zero-order valence-electron chi connectivity index (χ0n) is 18.2. The number of aryl methyl sites for hydroxylation is 1. The van der Waals surface area contributed by atoms with Crippen molar-refractivity contribution in [2.45, 2.75) is 6.61 Å². The van der Waals surface area contributed by atoms with E-state index in [4.69, 9.17) is 4.74 Å². The molecule has 34 heavy (non-hydrogen) atoms. The monoisotopic (exact) mass is 466 g/mol. The Bertz CT molecular complexity index is 1380. The summed E-state index contributed by atoms with van der Waals surface area (Å²) in [5.41, 5.74) is 1.73. The zero-order valence-corrected chi connectivity index (χ0v) is 18.2. The summed E-state index contributed by atoms with van der Waals surface area (Å²) < 4.78 is 38.5. The van der Waals surface area contributed by atoms with Crippen LogP contribution in [0.15, 0.2) is 78.0 Å². The Morgan fingerprint density at radius 1 is 1.06 bits per heavy atom. The van der Waals surface area contributed by atoms with Crippen molar-refractivity contribution in [2.75, 3.05) is 12.4 Å². The maximum absolute atomic E-state index is 12.9. The lowest BCUT2D eigenvalue weighted by molar-refractivity contribution is -0.0494. The number of ether oxygens (including phenoxy) is 2. The second kappa shape index (κ2) is 9.57. The van der Waals surface area contributed by atoms with E-state index >= 15 is 0 Å². The molecule has 2 heterocycles. The summed E-state index contributed by atoms with van der Waals surface area (Å²) in [4.78, 5) is 25.1. The molecule has 0 unspecified atom stereocenters. The first-order valence-electron chi connectivity index (χ1n) is 10.1. The van der Waals surface area contributed by atoms with Gasteiger partial charge in [-0.2, -0.15) is 13.9 Å². The number of carbonyl (C=O) groups excluding carboxylic acids is 1. The number of carbonyl (C=O) groups is 1. The second-order valence-corrected chi connectivity index (χ2v) is 7.27. The summed E-state index contributed by atoms with van der Waals surface area (Å²) in [6.07, 6.45) is 4.56. The van der Waals surface area contributed by atoms with Gasteiger partial charge in [-0.1, -0.05) is 12.1 Å².